The van der Waals surface area contributed by atoms with Gasteiger partial charge in [0.2, 0.25) is 0 Å². The molecule has 3 rings (SSSR count). The largest absolute Gasteiger partial charge is 0.396 e. The van der Waals surface area contributed by atoms with Crippen molar-refractivity contribution in [2.24, 2.45) is 0 Å². The minimum atomic E-state index is 0.0275. The van der Waals surface area contributed by atoms with E-state index >= 15 is 0 Å². The van der Waals surface area contributed by atoms with Crippen molar-refractivity contribution < 1.29 is 9.90 Å². The number of aliphatic hydroxyl groups is 1. The zero-order valence-electron chi connectivity index (χ0n) is 14.6. The molecular formula is C19H29N3O2. The van der Waals surface area contributed by atoms with Gasteiger partial charge in [0, 0.05) is 19.2 Å². The number of amides is 2. The Morgan fingerprint density at radius 3 is 2.79 bits per heavy atom. The minimum absolute atomic E-state index is 0.0275. The van der Waals surface area contributed by atoms with Crippen LogP contribution in [0, 0.1) is 0 Å². The molecule has 24 heavy (non-hydrogen) atoms. The molecule has 0 saturated carbocycles. The van der Waals surface area contributed by atoms with Crippen LogP contribution in [0.5, 0.6) is 0 Å². The number of nitrogens with zero attached hydrogens (tertiary/aromatic N) is 2. The highest BCUT2D eigenvalue weighted by atomic mass is 16.3. The predicted molar refractivity (Wildman–Crippen MR) is 95.0 cm³/mol. The van der Waals surface area contributed by atoms with Crippen LogP contribution in [-0.4, -0.2) is 60.3 Å². The number of urea groups is 1. The van der Waals surface area contributed by atoms with Crippen molar-refractivity contribution in [3.05, 3.63) is 35.4 Å². The van der Waals surface area contributed by atoms with Crippen LogP contribution in [0.15, 0.2) is 24.3 Å². The van der Waals surface area contributed by atoms with Crippen molar-refractivity contribution in [2.45, 2.75) is 44.2 Å². The van der Waals surface area contributed by atoms with Gasteiger partial charge in [0.1, 0.15) is 0 Å². The molecule has 0 bridgehead atoms. The zero-order valence-corrected chi connectivity index (χ0v) is 14.6. The minimum Gasteiger partial charge on any atom is -0.396 e. The summed E-state index contributed by atoms with van der Waals surface area (Å²) in [4.78, 5) is 17.2. The van der Waals surface area contributed by atoms with Crippen LogP contribution in [0.25, 0.3) is 0 Å². The second-order valence-electron chi connectivity index (χ2n) is 7.05. The quantitative estimate of drug-likeness (QED) is 0.869. The molecule has 1 fully saturated rings. The summed E-state index contributed by atoms with van der Waals surface area (Å²) in [6, 6.07) is 8.85. The molecule has 0 spiro atoms. The molecule has 1 unspecified atom stereocenters. The Labute approximate surface area is 144 Å². The number of aryl methyl sites for hydroxylation is 1. The van der Waals surface area contributed by atoms with E-state index in [0.29, 0.717) is 13.0 Å². The van der Waals surface area contributed by atoms with E-state index in [2.05, 4.69) is 41.5 Å². The molecule has 1 aliphatic carbocycles. The molecule has 1 heterocycles. The fourth-order valence-corrected chi connectivity index (χ4v) is 3.91. The maximum atomic E-state index is 12.9. The van der Waals surface area contributed by atoms with E-state index in [0.717, 1.165) is 38.8 Å². The molecule has 2 N–H and O–H groups in total. The van der Waals surface area contributed by atoms with Crippen LogP contribution >= 0.6 is 0 Å². The SMILES string of the molecule is CN1CCC(NC(=O)N(CCCO)C2CCc3ccccc32)CC1. The number of benzene rings is 1. The third kappa shape index (κ3) is 3.90. The van der Waals surface area contributed by atoms with Crippen LogP contribution in [-0.2, 0) is 6.42 Å². The molecule has 1 aliphatic heterocycles. The fourth-order valence-electron chi connectivity index (χ4n) is 3.91. The smallest absolute Gasteiger partial charge is 0.318 e. The number of carbonyl (C=O) groups is 1. The Kier molecular flexibility index (Phi) is 5.74. The molecule has 0 aromatic heterocycles. The lowest BCUT2D eigenvalue weighted by molar-refractivity contribution is 0.154. The highest BCUT2D eigenvalue weighted by Crippen LogP contribution is 2.35. The van der Waals surface area contributed by atoms with Crippen molar-refractivity contribution in [3.63, 3.8) is 0 Å². The third-order valence-electron chi connectivity index (χ3n) is 5.34. The number of fused-ring (bicyclic) bond motifs is 1. The summed E-state index contributed by atoms with van der Waals surface area (Å²) in [6.45, 7) is 2.79. The number of nitrogens with one attached hydrogen (secondary N) is 1. The normalized spacial score (nSPS) is 21.5. The third-order valence-corrected chi connectivity index (χ3v) is 5.34. The van der Waals surface area contributed by atoms with Gasteiger partial charge in [-0.2, -0.15) is 0 Å². The Morgan fingerprint density at radius 2 is 2.04 bits per heavy atom. The van der Waals surface area contributed by atoms with Gasteiger partial charge in [-0.25, -0.2) is 4.79 Å². The summed E-state index contributed by atoms with van der Waals surface area (Å²) in [5.74, 6) is 0. The van der Waals surface area contributed by atoms with Crippen molar-refractivity contribution in [1.82, 2.24) is 15.1 Å². The highest BCUT2D eigenvalue weighted by Gasteiger charge is 2.31. The van der Waals surface area contributed by atoms with Gasteiger partial charge < -0.3 is 20.2 Å². The molecule has 0 radical (unpaired) electrons. The summed E-state index contributed by atoms with van der Waals surface area (Å²) in [6.07, 6.45) is 4.65. The van der Waals surface area contributed by atoms with Crippen molar-refractivity contribution in [3.8, 4) is 0 Å². The van der Waals surface area contributed by atoms with Gasteiger partial charge in [-0.05, 0) is 63.4 Å². The average molecular weight is 331 g/mol. The monoisotopic (exact) mass is 331 g/mol. The Morgan fingerprint density at radius 1 is 1.29 bits per heavy atom. The van der Waals surface area contributed by atoms with Gasteiger partial charge >= 0.3 is 6.03 Å². The number of hydrogen-bond acceptors (Lipinski definition) is 3. The molecule has 1 aromatic rings. The lowest BCUT2D eigenvalue weighted by Gasteiger charge is -2.34. The summed E-state index contributed by atoms with van der Waals surface area (Å²) in [5.41, 5.74) is 2.62. The van der Waals surface area contributed by atoms with E-state index in [1.807, 2.05) is 4.90 Å². The fraction of sp³-hybridized carbons (Fsp3) is 0.632. The van der Waals surface area contributed by atoms with E-state index in [9.17, 15) is 9.90 Å². The van der Waals surface area contributed by atoms with Crippen molar-refractivity contribution in [2.75, 3.05) is 33.3 Å². The maximum Gasteiger partial charge on any atom is 0.318 e. The van der Waals surface area contributed by atoms with Gasteiger partial charge in [-0.15, -0.1) is 0 Å². The van der Waals surface area contributed by atoms with Crippen LogP contribution < -0.4 is 5.32 Å². The van der Waals surface area contributed by atoms with Crippen LogP contribution in [0.2, 0.25) is 0 Å². The van der Waals surface area contributed by atoms with E-state index < -0.39 is 0 Å². The first-order chi connectivity index (χ1) is 11.7. The molecule has 5 nitrogen and oxygen atoms in total. The van der Waals surface area contributed by atoms with Gasteiger partial charge in [0.05, 0.1) is 6.04 Å². The van der Waals surface area contributed by atoms with Gasteiger partial charge in [0.15, 0.2) is 0 Å². The van der Waals surface area contributed by atoms with Gasteiger partial charge in [0.25, 0.3) is 0 Å². The first kappa shape index (κ1) is 17.2. The topological polar surface area (TPSA) is 55.8 Å². The lowest BCUT2D eigenvalue weighted by atomic mass is 10.1. The van der Waals surface area contributed by atoms with E-state index in [1.165, 1.54) is 11.1 Å². The van der Waals surface area contributed by atoms with Gasteiger partial charge in [-0.1, -0.05) is 24.3 Å². The molecular weight excluding hydrogens is 302 g/mol. The van der Waals surface area contributed by atoms with Crippen LogP contribution in [0.4, 0.5) is 4.79 Å². The summed E-state index contributed by atoms with van der Waals surface area (Å²) in [5, 5.41) is 12.5. The Hall–Kier alpha value is -1.59. The highest BCUT2D eigenvalue weighted by molar-refractivity contribution is 5.75. The summed E-state index contributed by atoms with van der Waals surface area (Å²) < 4.78 is 0. The van der Waals surface area contributed by atoms with Crippen molar-refractivity contribution >= 4 is 6.03 Å². The second-order valence-corrected chi connectivity index (χ2v) is 7.05. The van der Waals surface area contributed by atoms with Crippen LogP contribution in [0.3, 0.4) is 0 Å². The maximum absolute atomic E-state index is 12.9. The van der Waals surface area contributed by atoms with Crippen molar-refractivity contribution in [1.29, 1.82) is 0 Å². The lowest BCUT2D eigenvalue weighted by Crippen LogP contribution is -2.49. The molecule has 1 atom stereocenters. The molecule has 1 aromatic carbocycles. The van der Waals surface area contributed by atoms with Gasteiger partial charge in [-0.3, -0.25) is 0 Å². The summed E-state index contributed by atoms with van der Waals surface area (Å²) in [7, 11) is 2.13. The second kappa shape index (κ2) is 7.99. The number of piperidine rings is 1. The van der Waals surface area contributed by atoms with E-state index in [4.69, 9.17) is 0 Å². The van der Waals surface area contributed by atoms with E-state index in [1.54, 1.807) is 0 Å². The molecule has 2 amide bonds. The number of likely N-dealkylation sites (tertiary alicyclic amines) is 1. The molecule has 1 saturated heterocycles. The predicted octanol–water partition coefficient (Wildman–Crippen LogP) is 2.16. The number of carbonyl (C=O) groups excluding carboxylic acids is 1. The molecule has 5 heteroatoms. The average Bonchev–Trinajstić information content (AvgIpc) is 3.01. The first-order valence-corrected chi connectivity index (χ1v) is 9.13. The first-order valence-electron chi connectivity index (χ1n) is 9.13. The number of rotatable bonds is 5. The molecule has 2 aliphatic rings. The van der Waals surface area contributed by atoms with E-state index in [-0.39, 0.29) is 24.7 Å². The van der Waals surface area contributed by atoms with Crippen LogP contribution in [0.1, 0.15) is 42.9 Å². The Balaban J connectivity index is 1.68. The molecule has 132 valence electrons. The summed E-state index contributed by atoms with van der Waals surface area (Å²) >= 11 is 0. The standard InChI is InChI=1S/C19H29N3O2/c1-21-12-9-16(10-13-21)20-19(24)22(11-4-14-23)18-8-7-15-5-2-3-6-17(15)18/h2-3,5-6,16,18,23H,4,7-14H2,1H3,(H,20,24). The Bertz CT molecular complexity index is 555. The number of hydrogen-bond donors (Lipinski definition) is 2. The number of aliphatic hydroxyl groups excluding tert-OH is 1. The zero-order chi connectivity index (χ0) is 16.9.